The summed E-state index contributed by atoms with van der Waals surface area (Å²) in [6.45, 7) is 1.03. The highest BCUT2D eigenvalue weighted by Gasteiger charge is 2.17. The second-order valence-corrected chi connectivity index (χ2v) is 8.37. The molecule has 0 spiro atoms. The molecule has 0 saturated heterocycles. The van der Waals surface area contributed by atoms with Crippen LogP contribution in [0.4, 0.5) is 5.82 Å². The predicted octanol–water partition coefficient (Wildman–Crippen LogP) is 1.92. The first kappa shape index (κ1) is 20.7. The predicted molar refractivity (Wildman–Crippen MR) is 106 cm³/mol. The van der Waals surface area contributed by atoms with Crippen molar-refractivity contribution >= 4 is 40.5 Å². The van der Waals surface area contributed by atoms with E-state index < -0.39 is 7.60 Å². The average molecular weight is 472 g/mol. The van der Waals surface area contributed by atoms with Gasteiger partial charge in [-0.2, -0.15) is 9.97 Å². The number of anilines is 1. The largest absolute Gasteiger partial charge is 0.461 e. The Labute approximate surface area is 169 Å². The molecule has 0 unspecified atom stereocenters. The van der Waals surface area contributed by atoms with Gasteiger partial charge in [-0.05, 0) is 27.1 Å². The molecule has 28 heavy (non-hydrogen) atoms. The highest BCUT2D eigenvalue weighted by Crippen LogP contribution is 2.39. The first-order valence-corrected chi connectivity index (χ1v) is 10.8. The summed E-state index contributed by atoms with van der Waals surface area (Å²) in [4.78, 5) is 31.2. The van der Waals surface area contributed by atoms with Crippen LogP contribution in [0.5, 0.6) is 6.01 Å². The van der Waals surface area contributed by atoms with Crippen LogP contribution in [-0.4, -0.2) is 49.6 Å². The molecule has 1 aromatic carbocycles. The van der Waals surface area contributed by atoms with E-state index in [1.165, 1.54) is 0 Å². The van der Waals surface area contributed by atoms with E-state index in [9.17, 15) is 14.4 Å². The van der Waals surface area contributed by atoms with Gasteiger partial charge in [0.05, 0.1) is 19.3 Å². The van der Waals surface area contributed by atoms with E-state index >= 15 is 0 Å². The van der Waals surface area contributed by atoms with E-state index in [4.69, 9.17) is 15.2 Å². The second kappa shape index (κ2) is 8.54. The summed E-state index contributed by atoms with van der Waals surface area (Å²) in [5.74, 6) is 0.187. The number of hydrogen-bond donors (Lipinski definition) is 3. The fraction of sp³-hybridized carbons (Fsp3) is 0.312. The van der Waals surface area contributed by atoms with Gasteiger partial charge in [0.25, 0.3) is 0 Å². The van der Waals surface area contributed by atoms with Gasteiger partial charge in [0.1, 0.15) is 6.61 Å². The summed E-state index contributed by atoms with van der Waals surface area (Å²) in [5, 5.41) is 0. The first-order chi connectivity index (χ1) is 13.3. The Bertz CT molecular complexity index is 1040. The molecule has 4 N–H and O–H groups in total. The Morgan fingerprint density at radius 2 is 1.96 bits per heavy atom. The molecular formula is C16H19BrN5O5P. The van der Waals surface area contributed by atoms with Crippen LogP contribution in [0.3, 0.4) is 0 Å². The zero-order chi connectivity index (χ0) is 20.3. The third kappa shape index (κ3) is 5.06. The van der Waals surface area contributed by atoms with Gasteiger partial charge in [-0.1, -0.05) is 24.3 Å². The van der Waals surface area contributed by atoms with Crippen molar-refractivity contribution in [1.82, 2.24) is 19.5 Å². The maximum absolute atomic E-state index is 11.3. The minimum Gasteiger partial charge on any atom is -0.461 e. The van der Waals surface area contributed by atoms with Crippen molar-refractivity contribution in [3.8, 4) is 6.01 Å². The Morgan fingerprint density at radius 3 is 2.68 bits per heavy atom. The van der Waals surface area contributed by atoms with Gasteiger partial charge in [-0.3, -0.25) is 9.13 Å². The van der Waals surface area contributed by atoms with Crippen LogP contribution in [0.25, 0.3) is 11.2 Å². The smallest absolute Gasteiger partial charge is 0.329 e. The second-order valence-electron chi connectivity index (χ2n) is 6.01. The van der Waals surface area contributed by atoms with Gasteiger partial charge >= 0.3 is 13.6 Å². The van der Waals surface area contributed by atoms with Crippen molar-refractivity contribution in [3.63, 3.8) is 0 Å². The van der Waals surface area contributed by atoms with Crippen molar-refractivity contribution < 1.29 is 23.8 Å². The summed E-state index contributed by atoms with van der Waals surface area (Å²) < 4.78 is 23.9. The van der Waals surface area contributed by atoms with Crippen LogP contribution in [0, 0.1) is 0 Å². The quantitative estimate of drug-likeness (QED) is 0.254. The van der Waals surface area contributed by atoms with E-state index in [1.807, 2.05) is 6.07 Å². The van der Waals surface area contributed by atoms with Gasteiger partial charge in [0.2, 0.25) is 0 Å². The van der Waals surface area contributed by atoms with Crippen LogP contribution in [0.2, 0.25) is 0 Å². The molecule has 0 bridgehead atoms. The molecule has 0 aliphatic rings. The van der Waals surface area contributed by atoms with Gasteiger partial charge < -0.3 is 25.0 Å². The maximum atomic E-state index is 11.3. The SMILES string of the molecule is COCCOc1nc(N)c2nc(Br)n(Cc3cccc(CP(=O)(O)O)c3)c2n1. The number of nitrogen functional groups attached to an aromatic ring is 1. The lowest BCUT2D eigenvalue weighted by molar-refractivity contribution is 0.141. The third-order valence-corrected chi connectivity index (χ3v) is 5.18. The fourth-order valence-corrected chi connectivity index (χ4v) is 3.79. The van der Waals surface area contributed by atoms with Crippen molar-refractivity contribution in [1.29, 1.82) is 0 Å². The molecule has 0 aliphatic heterocycles. The number of ether oxygens (including phenoxy) is 2. The molecule has 10 nitrogen and oxygen atoms in total. The van der Waals surface area contributed by atoms with Crippen LogP contribution in [0.1, 0.15) is 11.1 Å². The zero-order valence-electron chi connectivity index (χ0n) is 14.9. The fourth-order valence-electron chi connectivity index (χ4n) is 2.64. The molecule has 0 amide bonds. The Morgan fingerprint density at radius 1 is 1.21 bits per heavy atom. The number of imidazole rings is 1. The lowest BCUT2D eigenvalue weighted by Crippen LogP contribution is -2.09. The maximum Gasteiger partial charge on any atom is 0.329 e. The highest BCUT2D eigenvalue weighted by atomic mass is 79.9. The molecule has 2 aromatic heterocycles. The van der Waals surface area contributed by atoms with Crippen LogP contribution >= 0.6 is 23.5 Å². The van der Waals surface area contributed by atoms with Crippen molar-refractivity contribution in [2.45, 2.75) is 12.7 Å². The number of methoxy groups -OCH3 is 1. The Hall–Kier alpha value is -2.04. The van der Waals surface area contributed by atoms with E-state index in [0.717, 1.165) is 5.56 Å². The number of nitrogens with two attached hydrogens (primary N) is 1. The molecule has 12 heteroatoms. The monoisotopic (exact) mass is 471 g/mol. The molecule has 0 radical (unpaired) electrons. The summed E-state index contributed by atoms with van der Waals surface area (Å²) >= 11 is 3.40. The topological polar surface area (TPSA) is 146 Å². The molecule has 0 aliphatic carbocycles. The average Bonchev–Trinajstić information content (AvgIpc) is 2.91. The van der Waals surface area contributed by atoms with E-state index in [1.54, 1.807) is 29.9 Å². The first-order valence-electron chi connectivity index (χ1n) is 8.20. The Balaban J connectivity index is 1.93. The lowest BCUT2D eigenvalue weighted by atomic mass is 10.1. The number of rotatable bonds is 8. The lowest BCUT2D eigenvalue weighted by Gasteiger charge is -2.10. The Kier molecular flexibility index (Phi) is 6.31. The third-order valence-electron chi connectivity index (χ3n) is 3.79. The molecule has 3 rings (SSSR count). The molecule has 0 saturated carbocycles. The zero-order valence-corrected chi connectivity index (χ0v) is 17.4. The van der Waals surface area contributed by atoms with Crippen LogP contribution in [0.15, 0.2) is 29.0 Å². The van der Waals surface area contributed by atoms with E-state index in [-0.39, 0.29) is 24.6 Å². The van der Waals surface area contributed by atoms with E-state index in [0.29, 0.717) is 34.6 Å². The molecule has 2 heterocycles. The summed E-state index contributed by atoms with van der Waals surface area (Å²) in [7, 11) is -2.58. The van der Waals surface area contributed by atoms with Gasteiger partial charge in [0.15, 0.2) is 21.7 Å². The number of benzene rings is 1. The van der Waals surface area contributed by atoms with Crippen molar-refractivity contribution in [2.24, 2.45) is 0 Å². The molecular weight excluding hydrogens is 453 g/mol. The van der Waals surface area contributed by atoms with Gasteiger partial charge in [0, 0.05) is 7.11 Å². The highest BCUT2D eigenvalue weighted by molar-refractivity contribution is 9.10. The van der Waals surface area contributed by atoms with Crippen molar-refractivity contribution in [3.05, 3.63) is 40.1 Å². The van der Waals surface area contributed by atoms with Crippen LogP contribution in [-0.2, 0) is 22.0 Å². The molecule has 0 atom stereocenters. The normalized spacial score (nSPS) is 11.9. The van der Waals surface area contributed by atoms with Gasteiger partial charge in [-0.15, -0.1) is 0 Å². The number of nitrogens with zero attached hydrogens (tertiary/aromatic N) is 4. The number of halogens is 1. The summed E-state index contributed by atoms with van der Waals surface area (Å²) in [5.41, 5.74) is 8.26. The summed E-state index contributed by atoms with van der Waals surface area (Å²) in [6.07, 6.45) is -0.320. The summed E-state index contributed by atoms with van der Waals surface area (Å²) in [6, 6.07) is 7.12. The molecule has 150 valence electrons. The van der Waals surface area contributed by atoms with Crippen LogP contribution < -0.4 is 10.5 Å². The molecule has 0 fully saturated rings. The minimum atomic E-state index is -4.15. The minimum absolute atomic E-state index is 0.117. The standard InChI is InChI=1S/C16H19BrN5O5P/c1-26-5-6-27-16-20-13(18)12-14(21-16)22(15(17)19-12)8-10-3-2-4-11(7-10)9-28(23,24)25/h2-4,7H,5-6,8-9H2,1H3,(H2,18,20,21)(H2,23,24,25). The van der Waals surface area contributed by atoms with Crippen molar-refractivity contribution in [2.75, 3.05) is 26.1 Å². The number of fused-ring (bicyclic) bond motifs is 1. The molecule has 3 aromatic rings. The number of aromatic nitrogens is 4. The number of hydrogen-bond acceptors (Lipinski definition) is 7. The van der Waals surface area contributed by atoms with Gasteiger partial charge in [-0.25, -0.2) is 4.98 Å². The van der Waals surface area contributed by atoms with E-state index in [2.05, 4.69) is 30.9 Å².